The quantitative estimate of drug-likeness (QED) is 0.451. The highest BCUT2D eigenvalue weighted by atomic mass is 35.7. The molecule has 0 aliphatic rings. The fraction of sp³-hybridized carbons (Fsp3) is 1.00. The van der Waals surface area contributed by atoms with Gasteiger partial charge in [-0.2, -0.15) is 0 Å². The zero-order chi connectivity index (χ0) is 11.8. The molecule has 9 heteroatoms. The molecule has 0 aromatic rings. The first-order chi connectivity index (χ1) is 5.84. The molecule has 0 nitrogen and oxygen atoms in total. The summed E-state index contributed by atoms with van der Waals surface area (Å²) in [6, 6.07) is 0.571. The van der Waals surface area contributed by atoms with Crippen LogP contribution in [0.5, 0.6) is 0 Å². The highest BCUT2D eigenvalue weighted by Crippen LogP contribution is 2.47. The summed E-state index contributed by atoms with van der Waals surface area (Å²) in [7, 11) is 0. The fourth-order valence-electron chi connectivity index (χ4n) is 1.16. The Morgan fingerprint density at radius 2 is 1.07 bits per heavy atom. The average molecular weight is 369 g/mol. The number of rotatable bonds is 4. The van der Waals surface area contributed by atoms with Crippen LogP contribution in [0.2, 0.25) is 30.8 Å². The summed E-state index contributed by atoms with van der Waals surface area (Å²) in [5.41, 5.74) is 0. The fourth-order valence-corrected chi connectivity index (χ4v) is 25.9. The van der Waals surface area contributed by atoms with E-state index in [1.807, 2.05) is 19.6 Å². The minimum absolute atomic E-state index is 0.0895. The van der Waals surface area contributed by atoms with Crippen LogP contribution in [0.3, 0.4) is 0 Å². The molecule has 0 aromatic heterocycles. The summed E-state index contributed by atoms with van der Waals surface area (Å²) in [4.78, 5) is 0. The Morgan fingerprint density at radius 3 is 1.14 bits per heavy atom. The maximum absolute atomic E-state index is 6.16. The van der Waals surface area contributed by atoms with Gasteiger partial charge in [-0.1, -0.05) is 0 Å². The summed E-state index contributed by atoms with van der Waals surface area (Å²) in [5, 5.41) is -0.0895. The minimum Gasteiger partial charge on any atom is -0.146 e. The van der Waals surface area contributed by atoms with Crippen molar-refractivity contribution in [3.8, 4) is 0 Å². The second-order valence-corrected chi connectivity index (χ2v) is 28.3. The molecule has 0 bridgehead atoms. The van der Waals surface area contributed by atoms with E-state index in [9.17, 15) is 0 Å². The Kier molecular flexibility index (Phi) is 6.27. The Hall–Kier alpha value is 2.39. The van der Waals surface area contributed by atoms with E-state index < -0.39 is 20.1 Å². The molecule has 0 fully saturated rings. The summed E-state index contributed by atoms with van der Waals surface area (Å²) >= 11 is 36.8. The Balaban J connectivity index is 4.78. The van der Waals surface area contributed by atoms with E-state index >= 15 is 0 Å². The lowest BCUT2D eigenvalue weighted by Gasteiger charge is -2.32. The molecule has 0 N–H and O–H groups in total. The molecule has 0 aliphatic carbocycles. The molecule has 0 spiro atoms. The van der Waals surface area contributed by atoms with Crippen molar-refractivity contribution < 1.29 is 0 Å². The highest BCUT2D eigenvalue weighted by molar-refractivity contribution is 7.58. The highest BCUT2D eigenvalue weighted by Gasteiger charge is 2.49. The van der Waals surface area contributed by atoms with Gasteiger partial charge in [-0.25, -0.2) is 0 Å². The molecule has 0 aromatic carbocycles. The van der Waals surface area contributed by atoms with Gasteiger partial charge < -0.3 is 0 Å². The van der Waals surface area contributed by atoms with E-state index in [1.165, 1.54) is 0 Å². The minimum atomic E-state index is -2.42. The predicted molar refractivity (Wildman–Crippen MR) is 78.5 cm³/mol. The molecule has 0 saturated carbocycles. The van der Waals surface area contributed by atoms with Crippen LogP contribution in [0.25, 0.3) is 0 Å². The Bertz CT molecular complexity index is 175. The van der Waals surface area contributed by atoms with Crippen LogP contribution in [-0.2, 0) is 0 Å². The van der Waals surface area contributed by atoms with Crippen molar-refractivity contribution >= 4 is 86.6 Å². The molecular weight excluding hydrogens is 357 g/mol. The van der Waals surface area contributed by atoms with Crippen LogP contribution < -0.4 is 0 Å². The van der Waals surface area contributed by atoms with Gasteiger partial charge in [-0.15, -0.1) is 66.5 Å². The van der Waals surface area contributed by atoms with Gasteiger partial charge in [0.05, 0.1) is 0 Å². The second kappa shape index (κ2) is 5.36. The van der Waals surface area contributed by atoms with Gasteiger partial charge in [0.2, 0.25) is 6.69 Å². The molecule has 0 amide bonds. The second-order valence-electron chi connectivity index (χ2n) is 3.74. The number of hydrogen-bond acceptors (Lipinski definition) is 0. The molecular formula is C5H12Cl6Si3. The van der Waals surface area contributed by atoms with Gasteiger partial charge in [-0.3, -0.25) is 0 Å². The molecule has 86 valence electrons. The summed E-state index contributed by atoms with van der Waals surface area (Å²) in [6.07, 6.45) is 0. The molecule has 14 heavy (non-hydrogen) atoms. The van der Waals surface area contributed by atoms with E-state index in [1.54, 1.807) is 0 Å². The van der Waals surface area contributed by atoms with Crippen LogP contribution in [0.15, 0.2) is 0 Å². The van der Waals surface area contributed by atoms with Crippen molar-refractivity contribution in [1.82, 2.24) is 0 Å². The van der Waals surface area contributed by atoms with Crippen molar-refractivity contribution in [3.05, 3.63) is 0 Å². The first-order valence-corrected chi connectivity index (χ1v) is 17.9. The molecule has 0 unspecified atom stereocenters. The van der Waals surface area contributed by atoms with E-state index in [0.29, 0.717) is 6.04 Å². The summed E-state index contributed by atoms with van der Waals surface area (Å²) in [6.45, 7) is -1.67. The van der Waals surface area contributed by atoms with Crippen LogP contribution in [0.1, 0.15) is 0 Å². The standard InChI is InChI=1S/C5H12Cl6Si3/c1-12(6,7)4-5(13(2,8)9)14(3,10)11/h5H,4H2,1-3H3. The molecule has 0 radical (unpaired) electrons. The van der Waals surface area contributed by atoms with Crippen LogP contribution in [0, 0.1) is 0 Å². The predicted octanol–water partition coefficient (Wildman–Crippen LogP) is 5.54. The largest absolute Gasteiger partial charge is 0.250 e. The molecule has 0 rings (SSSR count). The topological polar surface area (TPSA) is 0 Å². The van der Waals surface area contributed by atoms with Crippen LogP contribution >= 0.6 is 66.5 Å². The first-order valence-electron chi connectivity index (χ1n) is 3.97. The molecule has 0 saturated heterocycles. The Morgan fingerprint density at radius 1 is 0.786 bits per heavy atom. The maximum Gasteiger partial charge on any atom is 0.250 e. The van der Waals surface area contributed by atoms with E-state index in [2.05, 4.69) is 0 Å². The normalized spacial score (nSPS) is 15.0. The van der Waals surface area contributed by atoms with E-state index in [4.69, 9.17) is 66.5 Å². The van der Waals surface area contributed by atoms with Gasteiger partial charge >= 0.3 is 0 Å². The lowest BCUT2D eigenvalue weighted by molar-refractivity contribution is 1.24. The third kappa shape index (κ3) is 6.86. The van der Waals surface area contributed by atoms with Crippen molar-refractivity contribution in [2.24, 2.45) is 0 Å². The molecule has 0 atom stereocenters. The third-order valence-electron chi connectivity index (χ3n) is 1.79. The van der Waals surface area contributed by atoms with Crippen LogP contribution in [0.4, 0.5) is 0 Å². The number of hydrogen-bond donors (Lipinski definition) is 0. The zero-order valence-electron chi connectivity index (χ0n) is 8.05. The van der Waals surface area contributed by atoms with Gasteiger partial charge in [0.1, 0.15) is 0 Å². The first kappa shape index (κ1) is 16.4. The van der Waals surface area contributed by atoms with Crippen molar-refractivity contribution in [1.29, 1.82) is 0 Å². The lowest BCUT2D eigenvalue weighted by atomic mass is 10.9. The van der Waals surface area contributed by atoms with Gasteiger partial charge in [-0.05, 0) is 25.7 Å². The molecule has 0 heterocycles. The lowest BCUT2D eigenvalue weighted by Crippen LogP contribution is -2.41. The van der Waals surface area contributed by atoms with Crippen molar-refractivity contribution in [2.45, 2.75) is 30.8 Å². The summed E-state index contributed by atoms with van der Waals surface area (Å²) < 4.78 is 0. The third-order valence-corrected chi connectivity index (χ3v) is 16.3. The van der Waals surface area contributed by atoms with E-state index in [0.717, 1.165) is 0 Å². The van der Waals surface area contributed by atoms with E-state index in [-0.39, 0.29) is 5.16 Å². The van der Waals surface area contributed by atoms with Crippen molar-refractivity contribution in [2.75, 3.05) is 0 Å². The van der Waals surface area contributed by atoms with Gasteiger partial charge in [0.25, 0.3) is 13.4 Å². The van der Waals surface area contributed by atoms with Crippen molar-refractivity contribution in [3.63, 3.8) is 0 Å². The van der Waals surface area contributed by atoms with Gasteiger partial charge in [0, 0.05) is 5.16 Å². The smallest absolute Gasteiger partial charge is 0.146 e. The van der Waals surface area contributed by atoms with Crippen LogP contribution in [-0.4, -0.2) is 20.1 Å². The SMILES string of the molecule is C[Si](Cl)(Cl)CC([Si](C)(Cl)Cl)[Si](C)(Cl)Cl. The molecule has 0 aliphatic heterocycles. The number of halogens is 6. The summed E-state index contributed by atoms with van der Waals surface area (Å²) in [5.74, 6) is 0. The Labute approximate surface area is 116 Å². The maximum atomic E-state index is 6.16. The van der Waals surface area contributed by atoms with Gasteiger partial charge in [0.15, 0.2) is 0 Å². The zero-order valence-corrected chi connectivity index (χ0v) is 15.6. The average Bonchev–Trinajstić information content (AvgIpc) is 1.75. The monoisotopic (exact) mass is 366 g/mol.